The van der Waals surface area contributed by atoms with Gasteiger partial charge in [0.05, 0.1) is 24.2 Å². The monoisotopic (exact) mass is 355 g/mol. The number of amides is 1. The maximum absolute atomic E-state index is 13.0. The molecule has 0 bridgehead atoms. The number of nitrogens with zero attached hydrogens (tertiary/aromatic N) is 2. The third-order valence-electron chi connectivity index (χ3n) is 4.46. The zero-order chi connectivity index (χ0) is 17.4. The van der Waals surface area contributed by atoms with Crippen LogP contribution in [0.1, 0.15) is 27.8 Å². The highest BCUT2D eigenvalue weighted by atomic mass is 35.5. The number of hydrogen-bond donors (Lipinski definition) is 1. The summed E-state index contributed by atoms with van der Waals surface area (Å²) in [6.45, 7) is 3.48. The van der Waals surface area contributed by atoms with E-state index in [0.717, 1.165) is 22.4 Å². The Bertz CT molecular complexity index is 920. The first kappa shape index (κ1) is 16.1. The van der Waals surface area contributed by atoms with E-state index in [1.165, 1.54) is 0 Å². The first-order valence-corrected chi connectivity index (χ1v) is 8.61. The molecule has 2 aromatic carbocycles. The van der Waals surface area contributed by atoms with Gasteiger partial charge in [-0.05, 0) is 36.8 Å². The number of morpholine rings is 1. The summed E-state index contributed by atoms with van der Waals surface area (Å²) in [5.74, 6) is 0.788. The fraction of sp³-hybridized carbons (Fsp3) is 0.263. The van der Waals surface area contributed by atoms with Crippen LogP contribution >= 0.6 is 11.6 Å². The fourth-order valence-electron chi connectivity index (χ4n) is 3.21. The second kappa shape index (κ2) is 6.50. The quantitative estimate of drug-likeness (QED) is 0.761. The molecule has 1 amide bonds. The Balaban J connectivity index is 1.60. The van der Waals surface area contributed by atoms with Gasteiger partial charge >= 0.3 is 0 Å². The van der Waals surface area contributed by atoms with Gasteiger partial charge in [0.15, 0.2) is 0 Å². The molecule has 0 unspecified atom stereocenters. The predicted octanol–water partition coefficient (Wildman–Crippen LogP) is 3.74. The third kappa shape index (κ3) is 3.13. The molecule has 1 fully saturated rings. The first-order chi connectivity index (χ1) is 12.1. The summed E-state index contributed by atoms with van der Waals surface area (Å²) in [4.78, 5) is 22.5. The van der Waals surface area contributed by atoms with Crippen molar-refractivity contribution in [3.63, 3.8) is 0 Å². The summed E-state index contributed by atoms with van der Waals surface area (Å²) in [6, 6.07) is 13.2. The van der Waals surface area contributed by atoms with E-state index in [0.29, 0.717) is 30.3 Å². The Morgan fingerprint density at radius 1 is 1.28 bits per heavy atom. The number of ether oxygens (including phenoxy) is 1. The van der Waals surface area contributed by atoms with Gasteiger partial charge in [0.1, 0.15) is 17.4 Å². The first-order valence-electron chi connectivity index (χ1n) is 8.23. The second-order valence-corrected chi connectivity index (χ2v) is 6.62. The highest BCUT2D eigenvalue weighted by Gasteiger charge is 2.27. The van der Waals surface area contributed by atoms with Crippen LogP contribution in [0.2, 0.25) is 5.02 Å². The summed E-state index contributed by atoms with van der Waals surface area (Å²) in [5, 5.41) is 0.688. The number of fused-ring (bicyclic) bond motifs is 1. The van der Waals surface area contributed by atoms with E-state index in [9.17, 15) is 4.79 Å². The van der Waals surface area contributed by atoms with E-state index in [-0.39, 0.29) is 12.0 Å². The van der Waals surface area contributed by atoms with Crippen molar-refractivity contribution >= 4 is 28.5 Å². The number of halogens is 1. The maximum atomic E-state index is 13.0. The lowest BCUT2D eigenvalue weighted by molar-refractivity contribution is -0.0227. The van der Waals surface area contributed by atoms with E-state index >= 15 is 0 Å². The van der Waals surface area contributed by atoms with E-state index in [2.05, 4.69) is 9.97 Å². The minimum absolute atomic E-state index is 0.0145. The van der Waals surface area contributed by atoms with Gasteiger partial charge in [-0.25, -0.2) is 4.98 Å². The number of rotatable bonds is 2. The molecule has 1 aliphatic heterocycles. The summed E-state index contributed by atoms with van der Waals surface area (Å²) in [6.07, 6.45) is -0.143. The third-order valence-corrected chi connectivity index (χ3v) is 4.71. The second-order valence-electron chi connectivity index (χ2n) is 6.19. The van der Waals surface area contributed by atoms with Crippen LogP contribution in [-0.2, 0) is 4.74 Å². The molecular weight excluding hydrogens is 338 g/mol. The molecule has 0 radical (unpaired) electrons. The molecule has 6 heteroatoms. The highest BCUT2D eigenvalue weighted by Crippen LogP contribution is 2.26. The van der Waals surface area contributed by atoms with Gasteiger partial charge < -0.3 is 14.6 Å². The predicted molar refractivity (Wildman–Crippen MR) is 96.9 cm³/mol. The normalized spacial score (nSPS) is 17.8. The van der Waals surface area contributed by atoms with Gasteiger partial charge in [0.2, 0.25) is 0 Å². The highest BCUT2D eigenvalue weighted by molar-refractivity contribution is 6.30. The Morgan fingerprint density at radius 2 is 2.08 bits per heavy atom. The van der Waals surface area contributed by atoms with E-state index in [1.54, 1.807) is 0 Å². The molecule has 0 spiro atoms. The summed E-state index contributed by atoms with van der Waals surface area (Å²) < 4.78 is 5.85. The van der Waals surface area contributed by atoms with E-state index < -0.39 is 0 Å². The molecule has 3 aromatic rings. The molecule has 4 rings (SSSR count). The van der Waals surface area contributed by atoms with Crippen LogP contribution in [0.5, 0.6) is 0 Å². The van der Waals surface area contributed by atoms with Gasteiger partial charge in [0, 0.05) is 11.6 Å². The molecule has 1 atom stereocenters. The van der Waals surface area contributed by atoms with Crippen LogP contribution in [0.15, 0.2) is 42.5 Å². The lowest BCUT2D eigenvalue weighted by atomic mass is 10.1. The topological polar surface area (TPSA) is 58.2 Å². The van der Waals surface area contributed by atoms with Crippen LogP contribution in [0.3, 0.4) is 0 Å². The van der Waals surface area contributed by atoms with Crippen molar-refractivity contribution in [1.82, 2.24) is 14.9 Å². The average molecular weight is 356 g/mol. The Kier molecular flexibility index (Phi) is 4.19. The van der Waals surface area contributed by atoms with Gasteiger partial charge in [-0.3, -0.25) is 4.79 Å². The molecule has 0 saturated carbocycles. The molecule has 1 saturated heterocycles. The average Bonchev–Trinajstić information content (AvgIpc) is 3.02. The summed E-state index contributed by atoms with van der Waals surface area (Å²) in [5.41, 5.74) is 3.25. The number of aryl methyl sites for hydroxylation is 1. The number of nitrogens with one attached hydrogen (secondary N) is 1. The number of para-hydroxylation sites is 1. The number of benzene rings is 2. The molecule has 1 N–H and O–H groups in total. The van der Waals surface area contributed by atoms with Gasteiger partial charge in [-0.2, -0.15) is 0 Å². The summed E-state index contributed by atoms with van der Waals surface area (Å²) in [7, 11) is 0. The van der Waals surface area contributed by atoms with Gasteiger partial charge in [-0.1, -0.05) is 29.8 Å². The molecule has 1 aromatic heterocycles. The van der Waals surface area contributed by atoms with E-state index in [4.69, 9.17) is 16.3 Å². The molecule has 5 nitrogen and oxygen atoms in total. The number of aromatic amines is 1. The van der Waals surface area contributed by atoms with Crippen molar-refractivity contribution in [2.45, 2.75) is 13.0 Å². The lowest BCUT2D eigenvalue weighted by Crippen LogP contribution is -2.42. The molecule has 128 valence electrons. The Morgan fingerprint density at radius 3 is 2.88 bits per heavy atom. The number of carbonyl (C=O) groups is 1. The van der Waals surface area contributed by atoms with Crippen molar-refractivity contribution in [2.75, 3.05) is 19.7 Å². The van der Waals surface area contributed by atoms with Crippen LogP contribution in [-0.4, -0.2) is 40.5 Å². The zero-order valence-corrected chi connectivity index (χ0v) is 14.6. The fourth-order valence-corrected chi connectivity index (χ4v) is 3.34. The number of H-pyrrole nitrogens is 1. The largest absolute Gasteiger partial charge is 0.370 e. The van der Waals surface area contributed by atoms with Crippen LogP contribution in [0, 0.1) is 6.92 Å². The maximum Gasteiger partial charge on any atom is 0.256 e. The van der Waals surface area contributed by atoms with Crippen molar-refractivity contribution in [3.8, 4) is 0 Å². The van der Waals surface area contributed by atoms with Gasteiger partial charge in [0.25, 0.3) is 5.91 Å². The lowest BCUT2D eigenvalue weighted by Gasteiger charge is -2.33. The zero-order valence-electron chi connectivity index (χ0n) is 13.8. The van der Waals surface area contributed by atoms with Crippen LogP contribution in [0.25, 0.3) is 11.0 Å². The van der Waals surface area contributed by atoms with Gasteiger partial charge in [-0.15, -0.1) is 0 Å². The van der Waals surface area contributed by atoms with Crippen molar-refractivity contribution in [1.29, 1.82) is 0 Å². The minimum Gasteiger partial charge on any atom is -0.370 e. The molecule has 1 aliphatic rings. The van der Waals surface area contributed by atoms with Crippen LogP contribution in [0.4, 0.5) is 0 Å². The standard InChI is InChI=1S/C19H18ClN3O2/c1-12-21-16-4-2-3-15(18(16)22-12)19(24)23-9-10-25-17(11-23)13-5-7-14(20)8-6-13/h2-8,17H,9-11H2,1H3,(H,21,22)/t17-/m1/s1. The Labute approximate surface area is 150 Å². The Hall–Kier alpha value is -2.37. The van der Waals surface area contributed by atoms with Crippen LogP contribution < -0.4 is 0 Å². The van der Waals surface area contributed by atoms with Crippen molar-refractivity contribution in [3.05, 3.63) is 64.4 Å². The minimum atomic E-state index is -0.143. The van der Waals surface area contributed by atoms with Crippen molar-refractivity contribution < 1.29 is 9.53 Å². The molecule has 25 heavy (non-hydrogen) atoms. The molecule has 2 heterocycles. The summed E-state index contributed by atoms with van der Waals surface area (Å²) >= 11 is 5.95. The molecule has 0 aliphatic carbocycles. The molecular formula is C19H18ClN3O2. The number of hydrogen-bond acceptors (Lipinski definition) is 3. The number of carbonyl (C=O) groups excluding carboxylic acids is 1. The van der Waals surface area contributed by atoms with E-state index in [1.807, 2.05) is 54.3 Å². The number of aromatic nitrogens is 2. The number of imidazole rings is 1. The smallest absolute Gasteiger partial charge is 0.256 e. The van der Waals surface area contributed by atoms with Crippen molar-refractivity contribution in [2.24, 2.45) is 0 Å². The SMILES string of the molecule is Cc1nc2c(C(=O)N3CCO[C@@H](c4ccc(Cl)cc4)C3)cccc2[nH]1.